The molecule has 0 spiro atoms. The summed E-state index contributed by atoms with van der Waals surface area (Å²) in [5, 5.41) is 6.30. The zero-order valence-corrected chi connectivity index (χ0v) is 13.9. The van der Waals surface area contributed by atoms with Gasteiger partial charge in [0.1, 0.15) is 5.75 Å². The molecule has 1 N–H and O–H groups in total. The summed E-state index contributed by atoms with van der Waals surface area (Å²) in [6.45, 7) is 0.399. The largest absolute Gasteiger partial charge is 0.484 e. The molecule has 26 heavy (non-hydrogen) atoms. The topological polar surface area (TPSA) is 65.4 Å². The van der Waals surface area contributed by atoms with Crippen molar-refractivity contribution in [1.82, 2.24) is 15.1 Å². The number of ether oxygens (including phenoxy) is 2. The summed E-state index contributed by atoms with van der Waals surface area (Å²) in [4.78, 5) is 11.8. The molecule has 2 aromatic rings. The average Bonchev–Trinajstić information content (AvgIpc) is 3.00. The Hall–Kier alpha value is -2.55. The lowest BCUT2D eigenvalue weighted by atomic mass is 10.1. The van der Waals surface area contributed by atoms with Gasteiger partial charge in [-0.3, -0.25) is 9.48 Å². The lowest BCUT2D eigenvalue weighted by molar-refractivity contribution is -0.142. The van der Waals surface area contributed by atoms with Gasteiger partial charge in [0.05, 0.1) is 19.8 Å². The Morgan fingerprint density at radius 2 is 2.08 bits per heavy atom. The minimum absolute atomic E-state index is 0.0856. The maximum atomic E-state index is 13.1. The van der Waals surface area contributed by atoms with E-state index in [0.717, 1.165) is 0 Å². The molecule has 1 aliphatic heterocycles. The van der Waals surface area contributed by atoms with Gasteiger partial charge in [-0.05, 0) is 12.1 Å². The van der Waals surface area contributed by atoms with E-state index in [-0.39, 0.29) is 37.8 Å². The number of rotatable bonds is 6. The molecule has 0 saturated heterocycles. The van der Waals surface area contributed by atoms with Crippen LogP contribution in [0.1, 0.15) is 17.0 Å². The number of amides is 1. The van der Waals surface area contributed by atoms with Gasteiger partial charge in [0.25, 0.3) is 5.91 Å². The van der Waals surface area contributed by atoms with Gasteiger partial charge >= 0.3 is 6.18 Å². The first-order valence-electron chi connectivity index (χ1n) is 8.13. The quantitative estimate of drug-likeness (QED) is 0.848. The Kier molecular flexibility index (Phi) is 5.46. The second-order valence-electron chi connectivity index (χ2n) is 5.75. The molecule has 1 aromatic heterocycles. The van der Waals surface area contributed by atoms with Crippen LogP contribution in [0.15, 0.2) is 30.3 Å². The summed E-state index contributed by atoms with van der Waals surface area (Å²) in [7, 11) is 0. The van der Waals surface area contributed by atoms with Crippen LogP contribution in [0.5, 0.6) is 5.75 Å². The maximum Gasteiger partial charge on any atom is 0.435 e. The minimum Gasteiger partial charge on any atom is -0.484 e. The van der Waals surface area contributed by atoms with Gasteiger partial charge in [0.2, 0.25) is 0 Å². The normalized spacial score (nSPS) is 14.0. The molecule has 1 aliphatic rings. The highest BCUT2D eigenvalue weighted by Crippen LogP contribution is 2.34. The summed E-state index contributed by atoms with van der Waals surface area (Å²) in [5.74, 6) is 0.216. The van der Waals surface area contributed by atoms with Crippen LogP contribution in [-0.2, 0) is 35.3 Å². The van der Waals surface area contributed by atoms with E-state index in [1.54, 1.807) is 24.3 Å². The first-order valence-corrected chi connectivity index (χ1v) is 8.13. The summed E-state index contributed by atoms with van der Waals surface area (Å²) < 4.78 is 51.0. The zero-order valence-electron chi connectivity index (χ0n) is 13.9. The molecule has 0 radical (unpaired) electrons. The zero-order chi connectivity index (χ0) is 18.6. The Morgan fingerprint density at radius 3 is 2.81 bits per heavy atom. The van der Waals surface area contributed by atoms with Crippen molar-refractivity contribution in [3.8, 4) is 5.75 Å². The lowest BCUT2D eigenvalue weighted by Gasteiger charge is -2.15. The number of fused-ring (bicyclic) bond motifs is 1. The third kappa shape index (κ3) is 4.34. The van der Waals surface area contributed by atoms with Gasteiger partial charge in [-0.1, -0.05) is 18.2 Å². The maximum absolute atomic E-state index is 13.1. The van der Waals surface area contributed by atoms with E-state index in [9.17, 15) is 18.0 Å². The summed E-state index contributed by atoms with van der Waals surface area (Å²) in [6.07, 6.45) is -4.16. The highest BCUT2D eigenvalue weighted by Gasteiger charge is 2.39. The molecular weight excluding hydrogens is 351 g/mol. The molecule has 0 unspecified atom stereocenters. The highest BCUT2D eigenvalue weighted by atomic mass is 19.4. The highest BCUT2D eigenvalue weighted by molar-refractivity contribution is 5.77. The minimum atomic E-state index is -4.52. The van der Waals surface area contributed by atoms with Crippen LogP contribution >= 0.6 is 0 Å². The number of halogens is 3. The predicted octanol–water partition coefficient (Wildman–Crippen LogP) is 2.17. The Balaban J connectivity index is 1.55. The van der Waals surface area contributed by atoms with Crippen molar-refractivity contribution in [2.24, 2.45) is 0 Å². The molecule has 6 nitrogen and oxygen atoms in total. The fourth-order valence-corrected chi connectivity index (χ4v) is 2.74. The number of nitrogens with one attached hydrogen (secondary N) is 1. The molecule has 0 atom stereocenters. The van der Waals surface area contributed by atoms with Crippen molar-refractivity contribution < 1.29 is 27.4 Å². The van der Waals surface area contributed by atoms with E-state index in [4.69, 9.17) is 9.47 Å². The number of aromatic nitrogens is 2. The molecule has 140 valence electrons. The third-order valence-electron chi connectivity index (χ3n) is 3.92. The summed E-state index contributed by atoms with van der Waals surface area (Å²) in [6, 6.07) is 8.86. The lowest BCUT2D eigenvalue weighted by Crippen LogP contribution is -2.32. The summed E-state index contributed by atoms with van der Waals surface area (Å²) in [5.41, 5.74) is -0.313. The van der Waals surface area contributed by atoms with Crippen LogP contribution in [0.25, 0.3) is 0 Å². The second kappa shape index (κ2) is 7.77. The first-order chi connectivity index (χ1) is 12.4. The van der Waals surface area contributed by atoms with E-state index < -0.39 is 11.9 Å². The van der Waals surface area contributed by atoms with Gasteiger partial charge in [0.15, 0.2) is 12.3 Å². The summed E-state index contributed by atoms with van der Waals surface area (Å²) >= 11 is 0. The van der Waals surface area contributed by atoms with Crippen molar-refractivity contribution in [1.29, 1.82) is 0 Å². The van der Waals surface area contributed by atoms with Crippen molar-refractivity contribution in [3.05, 3.63) is 47.3 Å². The van der Waals surface area contributed by atoms with Crippen LogP contribution in [0.2, 0.25) is 0 Å². The SMILES string of the molecule is O=C(COc1ccccc1)NCCn1nc(C(F)(F)F)c2c1CCOC2. The second-order valence-corrected chi connectivity index (χ2v) is 5.75. The average molecular weight is 369 g/mol. The number of nitrogens with zero attached hydrogens (tertiary/aromatic N) is 2. The standard InChI is InChI=1S/C17H18F3N3O3/c18-17(19,20)16-13-10-25-9-6-14(13)23(22-16)8-7-21-15(24)11-26-12-4-2-1-3-5-12/h1-5H,6-11H2,(H,21,24). The van der Waals surface area contributed by atoms with E-state index in [2.05, 4.69) is 10.4 Å². The number of carbonyl (C=O) groups excluding carboxylic acids is 1. The number of alkyl halides is 3. The van der Waals surface area contributed by atoms with Crippen LogP contribution in [-0.4, -0.2) is 35.4 Å². The molecule has 0 bridgehead atoms. The number of hydrogen-bond acceptors (Lipinski definition) is 4. The number of carbonyl (C=O) groups is 1. The molecule has 2 heterocycles. The monoisotopic (exact) mass is 369 g/mol. The van der Waals surface area contributed by atoms with E-state index in [0.29, 0.717) is 24.5 Å². The van der Waals surface area contributed by atoms with Crippen LogP contribution in [0.4, 0.5) is 13.2 Å². The van der Waals surface area contributed by atoms with Gasteiger partial charge < -0.3 is 14.8 Å². The van der Waals surface area contributed by atoms with Crippen LogP contribution in [0.3, 0.4) is 0 Å². The van der Waals surface area contributed by atoms with E-state index >= 15 is 0 Å². The van der Waals surface area contributed by atoms with Gasteiger partial charge in [-0.2, -0.15) is 18.3 Å². The molecule has 9 heteroatoms. The fourth-order valence-electron chi connectivity index (χ4n) is 2.74. The van der Waals surface area contributed by atoms with Crippen molar-refractivity contribution in [3.63, 3.8) is 0 Å². The molecule has 0 fully saturated rings. The Labute approximate surface area is 147 Å². The van der Waals surface area contributed by atoms with Crippen molar-refractivity contribution >= 4 is 5.91 Å². The number of benzene rings is 1. The van der Waals surface area contributed by atoms with Gasteiger partial charge in [-0.15, -0.1) is 0 Å². The fraction of sp³-hybridized carbons (Fsp3) is 0.412. The molecule has 0 aliphatic carbocycles. The van der Waals surface area contributed by atoms with Crippen LogP contribution in [0, 0.1) is 0 Å². The Bertz CT molecular complexity index is 760. The smallest absolute Gasteiger partial charge is 0.435 e. The number of para-hydroxylation sites is 1. The molecule has 0 saturated carbocycles. The van der Waals surface area contributed by atoms with E-state index in [1.807, 2.05) is 6.07 Å². The first kappa shape index (κ1) is 18.2. The van der Waals surface area contributed by atoms with Gasteiger partial charge in [0, 0.05) is 24.2 Å². The Morgan fingerprint density at radius 1 is 1.31 bits per heavy atom. The van der Waals surface area contributed by atoms with Crippen molar-refractivity contribution in [2.45, 2.75) is 25.7 Å². The molecule has 3 rings (SSSR count). The molecule has 1 aromatic carbocycles. The van der Waals surface area contributed by atoms with Crippen LogP contribution < -0.4 is 10.1 Å². The van der Waals surface area contributed by atoms with Gasteiger partial charge in [-0.25, -0.2) is 0 Å². The number of hydrogen-bond donors (Lipinski definition) is 1. The predicted molar refractivity (Wildman–Crippen MR) is 85.5 cm³/mol. The molecular formula is C17H18F3N3O3. The van der Waals surface area contributed by atoms with E-state index in [1.165, 1.54) is 4.68 Å². The molecule has 1 amide bonds. The third-order valence-corrected chi connectivity index (χ3v) is 3.92. The van der Waals surface area contributed by atoms with Crippen molar-refractivity contribution in [2.75, 3.05) is 19.8 Å².